The van der Waals surface area contributed by atoms with Gasteiger partial charge >= 0.3 is 5.97 Å². The number of methoxy groups -OCH3 is 2. The van der Waals surface area contributed by atoms with Crippen molar-refractivity contribution in [2.45, 2.75) is 113 Å². The van der Waals surface area contributed by atoms with Crippen molar-refractivity contribution in [1.82, 2.24) is 4.90 Å². The molecule has 1 saturated heterocycles. The van der Waals surface area contributed by atoms with Crippen LogP contribution in [0.4, 0.5) is 0 Å². The van der Waals surface area contributed by atoms with Crippen LogP contribution in [0.5, 0.6) is 0 Å². The second-order valence-electron chi connectivity index (χ2n) is 16.2. The van der Waals surface area contributed by atoms with Gasteiger partial charge in [0, 0.05) is 81.3 Å². The molecule has 3 unspecified atom stereocenters. The molecule has 0 aromatic heterocycles. The van der Waals surface area contributed by atoms with Crippen LogP contribution in [0.25, 0.3) is 0 Å². The summed E-state index contributed by atoms with van der Waals surface area (Å²) >= 11 is 0. The molecule has 0 amide bonds. The highest BCUT2D eigenvalue weighted by atomic mass is 16.6. The summed E-state index contributed by atoms with van der Waals surface area (Å²) in [5, 5.41) is 36.9. The number of benzene rings is 1. The summed E-state index contributed by atoms with van der Waals surface area (Å²) in [6, 6.07) is 7.34. The van der Waals surface area contributed by atoms with Crippen molar-refractivity contribution in [2.24, 2.45) is 40.9 Å². The fourth-order valence-electron chi connectivity index (χ4n) is 13.4. The van der Waals surface area contributed by atoms with Gasteiger partial charge in [-0.3, -0.25) is 9.69 Å². The van der Waals surface area contributed by atoms with E-state index in [1.54, 1.807) is 20.3 Å². The third-order valence-electron chi connectivity index (χ3n) is 15.0. The molecule has 0 radical (unpaired) electrons. The number of aliphatic hydroxyl groups excluding tert-OH is 1. The summed E-state index contributed by atoms with van der Waals surface area (Å²) in [6.45, 7) is 3.35. The molecule has 1 aliphatic heterocycles. The zero-order valence-corrected chi connectivity index (χ0v) is 28.2. The molecule has 6 saturated carbocycles. The van der Waals surface area contributed by atoms with E-state index >= 15 is 0 Å². The Balaban J connectivity index is 1.19. The third kappa shape index (κ3) is 4.04. The predicted octanol–water partition coefficient (Wildman–Crippen LogP) is 3.55. The quantitative estimate of drug-likeness (QED) is 0.344. The Morgan fingerprint density at radius 3 is 2.47 bits per heavy atom. The normalized spacial score (nSPS) is 46.8. The second-order valence-corrected chi connectivity index (χ2v) is 16.2. The Kier molecular flexibility index (Phi) is 7.79. The fraction of sp³-hybridized carbons (Fsp3) is 0.789. The number of likely N-dealkylation sites (N-methyl/N-ethyl adjacent to an activating group) is 1. The van der Waals surface area contributed by atoms with Crippen LogP contribution in [0, 0.1) is 40.9 Å². The van der Waals surface area contributed by atoms with Gasteiger partial charge in [0.1, 0.15) is 22.6 Å². The number of nitrogens with zero attached hydrogens (tertiary/aromatic N) is 1. The molecule has 1 heterocycles. The number of likely N-dealkylation sites (tertiary alicyclic amines) is 1. The van der Waals surface area contributed by atoms with Crippen molar-refractivity contribution >= 4 is 11.8 Å². The number of esters is 1. The van der Waals surface area contributed by atoms with E-state index in [0.717, 1.165) is 31.2 Å². The number of ketones is 1. The van der Waals surface area contributed by atoms with Crippen LogP contribution < -0.4 is 0 Å². The Morgan fingerprint density at radius 2 is 1.77 bits per heavy atom. The molecule has 9 nitrogen and oxygen atoms in total. The fourth-order valence-corrected chi connectivity index (χ4v) is 13.4. The van der Waals surface area contributed by atoms with Crippen LogP contribution >= 0.6 is 0 Å². The van der Waals surface area contributed by atoms with E-state index in [9.17, 15) is 24.9 Å². The maximum Gasteiger partial charge on any atom is 0.339 e. The molecule has 47 heavy (non-hydrogen) atoms. The van der Waals surface area contributed by atoms with Crippen molar-refractivity contribution in [3.63, 3.8) is 0 Å². The highest BCUT2D eigenvalue weighted by Crippen LogP contribution is 2.80. The zero-order valence-electron chi connectivity index (χ0n) is 28.2. The molecule has 7 fully saturated rings. The van der Waals surface area contributed by atoms with Crippen LogP contribution in [-0.4, -0.2) is 101 Å². The first-order valence-electron chi connectivity index (χ1n) is 18.3. The van der Waals surface area contributed by atoms with E-state index in [1.807, 2.05) is 18.2 Å². The summed E-state index contributed by atoms with van der Waals surface area (Å²) in [4.78, 5) is 30.2. The number of hydrogen-bond donors (Lipinski definition) is 3. The molecule has 8 rings (SSSR count). The van der Waals surface area contributed by atoms with E-state index in [-0.39, 0.29) is 66.5 Å². The van der Waals surface area contributed by atoms with E-state index < -0.39 is 34.3 Å². The third-order valence-corrected chi connectivity index (χ3v) is 15.0. The van der Waals surface area contributed by atoms with Gasteiger partial charge in [0.15, 0.2) is 0 Å². The molecule has 3 N–H and O–H groups in total. The Bertz CT molecular complexity index is 1410. The minimum absolute atomic E-state index is 0.0194. The summed E-state index contributed by atoms with van der Waals surface area (Å²) in [7, 11) is 3.31. The number of Topliss-reactive ketones (excluding diaryl/α,β-unsaturated/α-hetero) is 1. The number of ether oxygens (including phenoxy) is 3. The minimum atomic E-state index is -1.50. The SMILES string of the molecule is CCN1C[C@]2(OC(=O)c3ccccc3CC(=O)C3CCCCC3)CC[C@H](CO)[C@]34C1[C@H](CC23)[C@@]1(O)C[C@H](OC)[C@H]2CC4[C@]1(O)[C@H]2OC. The first-order valence-corrected chi connectivity index (χ1v) is 18.3. The van der Waals surface area contributed by atoms with Crippen molar-refractivity contribution in [1.29, 1.82) is 0 Å². The highest BCUT2D eigenvalue weighted by molar-refractivity contribution is 5.94. The molecular weight excluding hydrogens is 598 g/mol. The number of carbonyl (C=O) groups excluding carboxylic acids is 2. The van der Waals surface area contributed by atoms with Crippen LogP contribution in [0.2, 0.25) is 0 Å². The standard InChI is InChI=1S/C38H53NO8/c1-4-39-21-35(47-34(42)25-13-9-8-12-23(25)16-28(41)22-10-6-5-7-11-22)15-14-24(20-40)37-30(35)18-27(32(37)39)36(43)19-29(45-2)26-17-31(37)38(36,44)33(26)46-3/h8-9,12-13,22,24,26-27,29-33,40,43-44H,4-7,10-11,14-21H2,1-3H3/t24-,26-,27+,29+,30?,31?,32?,33+,35-,36+,37+,38+/m1/s1. The van der Waals surface area contributed by atoms with Gasteiger partial charge in [0.2, 0.25) is 0 Å². The lowest BCUT2D eigenvalue weighted by Gasteiger charge is -2.71. The molecule has 258 valence electrons. The first kappa shape index (κ1) is 32.3. The van der Waals surface area contributed by atoms with Gasteiger partial charge in [-0.15, -0.1) is 0 Å². The Labute approximate surface area is 278 Å². The number of aliphatic hydroxyl groups is 3. The van der Waals surface area contributed by atoms with Crippen LogP contribution in [0.1, 0.15) is 87.1 Å². The maximum absolute atomic E-state index is 14.4. The van der Waals surface area contributed by atoms with E-state index in [2.05, 4.69) is 11.8 Å². The Morgan fingerprint density at radius 1 is 1.00 bits per heavy atom. The maximum atomic E-state index is 14.4. The molecule has 6 aliphatic carbocycles. The van der Waals surface area contributed by atoms with E-state index in [0.29, 0.717) is 50.8 Å². The van der Waals surface area contributed by atoms with Crippen LogP contribution in [-0.2, 0) is 25.4 Å². The van der Waals surface area contributed by atoms with Crippen molar-refractivity contribution in [2.75, 3.05) is 33.9 Å². The number of fused-ring (bicyclic) bond motifs is 2. The molecule has 9 heteroatoms. The lowest BCUT2D eigenvalue weighted by molar-refractivity contribution is -0.333. The smallest absolute Gasteiger partial charge is 0.339 e. The molecule has 1 aromatic carbocycles. The molecular formula is C38H53NO8. The minimum Gasteiger partial charge on any atom is -0.454 e. The van der Waals surface area contributed by atoms with E-state index in [1.165, 1.54) is 6.42 Å². The lowest BCUT2D eigenvalue weighted by atomic mass is 9.42. The summed E-state index contributed by atoms with van der Waals surface area (Å²) in [5.41, 5.74) is -3.19. The topological polar surface area (TPSA) is 126 Å². The molecule has 1 aromatic rings. The highest BCUT2D eigenvalue weighted by Gasteiger charge is 2.88. The average molecular weight is 652 g/mol. The van der Waals surface area contributed by atoms with Crippen LogP contribution in [0.15, 0.2) is 24.3 Å². The van der Waals surface area contributed by atoms with Gasteiger partial charge in [-0.05, 0) is 62.6 Å². The number of hydrogen-bond acceptors (Lipinski definition) is 9. The van der Waals surface area contributed by atoms with Gasteiger partial charge in [0.05, 0.1) is 17.8 Å². The van der Waals surface area contributed by atoms with Gasteiger partial charge < -0.3 is 29.5 Å². The zero-order chi connectivity index (χ0) is 32.9. The number of rotatable bonds is 9. The summed E-state index contributed by atoms with van der Waals surface area (Å²) in [5.74, 6) is -1.12. The number of carbonyl (C=O) groups is 2. The van der Waals surface area contributed by atoms with Crippen molar-refractivity contribution < 1.29 is 39.1 Å². The predicted molar refractivity (Wildman–Crippen MR) is 172 cm³/mol. The van der Waals surface area contributed by atoms with Gasteiger partial charge in [0.25, 0.3) is 0 Å². The van der Waals surface area contributed by atoms with Crippen LogP contribution in [0.3, 0.4) is 0 Å². The van der Waals surface area contributed by atoms with Crippen molar-refractivity contribution in [3.8, 4) is 0 Å². The summed E-state index contributed by atoms with van der Waals surface area (Å²) in [6.07, 6.45) is 7.44. The average Bonchev–Trinajstić information content (AvgIpc) is 3.51. The number of piperidine rings is 1. The van der Waals surface area contributed by atoms with Gasteiger partial charge in [-0.1, -0.05) is 44.4 Å². The Hall–Kier alpha value is -1.88. The monoisotopic (exact) mass is 651 g/mol. The first-order chi connectivity index (χ1) is 22.6. The lowest BCUT2D eigenvalue weighted by Crippen LogP contribution is -2.82. The molecule has 12 atom stereocenters. The largest absolute Gasteiger partial charge is 0.454 e. The van der Waals surface area contributed by atoms with Gasteiger partial charge in [-0.25, -0.2) is 4.79 Å². The van der Waals surface area contributed by atoms with Crippen molar-refractivity contribution in [3.05, 3.63) is 35.4 Å². The van der Waals surface area contributed by atoms with Gasteiger partial charge in [-0.2, -0.15) is 0 Å². The summed E-state index contributed by atoms with van der Waals surface area (Å²) < 4.78 is 18.9. The molecule has 7 aliphatic rings. The molecule has 7 bridgehead atoms. The van der Waals surface area contributed by atoms with E-state index in [4.69, 9.17) is 14.2 Å². The second kappa shape index (κ2) is 11.3. The molecule has 1 spiro atoms.